The average molecular weight is 308 g/mol. The lowest BCUT2D eigenvalue weighted by molar-refractivity contribution is 0.103. The summed E-state index contributed by atoms with van der Waals surface area (Å²) in [5, 5.41) is 2.95. The van der Waals surface area contributed by atoms with E-state index in [1.165, 1.54) is 17.1 Å². The van der Waals surface area contributed by atoms with Crippen LogP contribution in [-0.4, -0.2) is 10.3 Å². The van der Waals surface area contributed by atoms with Crippen LogP contribution in [0.2, 0.25) is 0 Å². The van der Waals surface area contributed by atoms with Crippen LogP contribution in [-0.2, 0) is 0 Å². The summed E-state index contributed by atoms with van der Waals surface area (Å²) >= 11 is 1.22. The number of aromatic nitrogens is 1. The summed E-state index contributed by atoms with van der Waals surface area (Å²) in [6.07, 6.45) is 0. The van der Waals surface area contributed by atoms with Gasteiger partial charge in [0.2, 0.25) is 0 Å². The Morgan fingerprint density at radius 2 is 1.82 bits per heavy atom. The van der Waals surface area contributed by atoms with Gasteiger partial charge in [0.05, 0.1) is 5.69 Å². The van der Waals surface area contributed by atoms with Gasteiger partial charge >= 0.3 is 0 Å². The highest BCUT2D eigenvalue weighted by atomic mass is 32.1. The number of nitrogens with one attached hydrogen (secondary N) is 1. The third-order valence-corrected chi connectivity index (χ3v) is 4.22. The van der Waals surface area contributed by atoms with E-state index in [-0.39, 0.29) is 5.91 Å². The minimum atomic E-state index is -0.119. The fourth-order valence-corrected chi connectivity index (χ4v) is 2.92. The minimum absolute atomic E-state index is 0.119. The molecule has 0 fully saturated rings. The van der Waals surface area contributed by atoms with Crippen molar-refractivity contribution in [1.82, 2.24) is 4.37 Å². The van der Waals surface area contributed by atoms with Gasteiger partial charge in [-0.2, -0.15) is 4.37 Å². The van der Waals surface area contributed by atoms with Crippen molar-refractivity contribution in [2.75, 3.05) is 5.32 Å². The first-order chi connectivity index (χ1) is 10.6. The zero-order chi connectivity index (χ0) is 15.5. The molecule has 0 bridgehead atoms. The Morgan fingerprint density at radius 1 is 1.05 bits per heavy atom. The number of hydrogen-bond donors (Lipinski definition) is 1. The van der Waals surface area contributed by atoms with E-state index in [1.54, 1.807) is 0 Å². The van der Waals surface area contributed by atoms with Gasteiger partial charge in [-0.25, -0.2) is 0 Å². The number of carbonyl (C=O) groups is 1. The lowest BCUT2D eigenvalue weighted by atomic mass is 10.1. The summed E-state index contributed by atoms with van der Waals surface area (Å²) in [6, 6.07) is 17.7. The Bertz CT molecular complexity index is 809. The molecule has 22 heavy (non-hydrogen) atoms. The molecule has 110 valence electrons. The van der Waals surface area contributed by atoms with Gasteiger partial charge in [0, 0.05) is 11.3 Å². The molecule has 0 saturated heterocycles. The first-order valence-corrected chi connectivity index (χ1v) is 7.81. The van der Waals surface area contributed by atoms with Crippen molar-refractivity contribution in [3.8, 4) is 11.3 Å². The topological polar surface area (TPSA) is 42.0 Å². The van der Waals surface area contributed by atoms with Crippen LogP contribution < -0.4 is 5.32 Å². The smallest absolute Gasteiger partial charge is 0.267 e. The highest BCUT2D eigenvalue weighted by molar-refractivity contribution is 7.08. The van der Waals surface area contributed by atoms with E-state index in [0.717, 1.165) is 22.5 Å². The molecule has 0 aliphatic carbocycles. The lowest BCUT2D eigenvalue weighted by Gasteiger charge is -2.07. The predicted octanol–water partition coefficient (Wildman–Crippen LogP) is 4.68. The molecule has 1 amide bonds. The van der Waals surface area contributed by atoms with Gasteiger partial charge in [0.15, 0.2) is 0 Å². The van der Waals surface area contributed by atoms with Gasteiger partial charge in [-0.1, -0.05) is 48.0 Å². The van der Waals surface area contributed by atoms with Gasteiger partial charge in [-0.15, -0.1) is 0 Å². The van der Waals surface area contributed by atoms with Crippen molar-refractivity contribution in [3.63, 3.8) is 0 Å². The predicted molar refractivity (Wildman–Crippen MR) is 91.4 cm³/mol. The molecule has 3 rings (SSSR count). The van der Waals surface area contributed by atoms with E-state index >= 15 is 0 Å². The molecule has 0 radical (unpaired) electrons. The molecule has 0 aliphatic rings. The SMILES string of the molecule is Cc1ccc(NC(=O)c2cc(-c3ccccc3)ns2)c(C)c1. The van der Waals surface area contributed by atoms with Gasteiger partial charge in [-0.3, -0.25) is 4.79 Å². The van der Waals surface area contributed by atoms with Gasteiger partial charge in [0.25, 0.3) is 5.91 Å². The Labute approximate surface area is 133 Å². The number of amides is 1. The molecule has 0 atom stereocenters. The second-order valence-electron chi connectivity index (χ2n) is 5.21. The zero-order valence-corrected chi connectivity index (χ0v) is 13.3. The van der Waals surface area contributed by atoms with Crippen molar-refractivity contribution in [2.24, 2.45) is 0 Å². The average Bonchev–Trinajstić information content (AvgIpc) is 3.01. The molecule has 3 nitrogen and oxygen atoms in total. The number of aryl methyl sites for hydroxylation is 2. The van der Waals surface area contributed by atoms with E-state index in [4.69, 9.17) is 0 Å². The van der Waals surface area contributed by atoms with E-state index in [9.17, 15) is 4.79 Å². The fraction of sp³-hybridized carbons (Fsp3) is 0.111. The molecule has 1 aromatic heterocycles. The van der Waals surface area contributed by atoms with Crippen LogP contribution in [0.1, 0.15) is 20.8 Å². The maximum atomic E-state index is 12.4. The van der Waals surface area contributed by atoms with Crippen molar-refractivity contribution < 1.29 is 4.79 Å². The molecule has 4 heteroatoms. The van der Waals surface area contributed by atoms with Crippen molar-refractivity contribution in [3.05, 3.63) is 70.6 Å². The molecular weight excluding hydrogens is 292 g/mol. The van der Waals surface area contributed by atoms with Crippen LogP contribution in [0.15, 0.2) is 54.6 Å². The number of carbonyl (C=O) groups excluding carboxylic acids is 1. The summed E-state index contributed by atoms with van der Waals surface area (Å²) in [6.45, 7) is 4.03. The minimum Gasteiger partial charge on any atom is -0.321 e. The third-order valence-electron chi connectivity index (χ3n) is 3.43. The van der Waals surface area contributed by atoms with E-state index in [1.807, 2.05) is 62.4 Å². The monoisotopic (exact) mass is 308 g/mol. The van der Waals surface area contributed by atoms with Gasteiger partial charge in [-0.05, 0) is 43.1 Å². The lowest BCUT2D eigenvalue weighted by Crippen LogP contribution is -2.11. The fourth-order valence-electron chi connectivity index (χ4n) is 2.26. The largest absolute Gasteiger partial charge is 0.321 e. The first-order valence-electron chi connectivity index (χ1n) is 7.04. The summed E-state index contributed by atoms with van der Waals surface area (Å²) in [5.74, 6) is -0.119. The zero-order valence-electron chi connectivity index (χ0n) is 12.5. The van der Waals surface area contributed by atoms with Gasteiger partial charge in [0.1, 0.15) is 4.88 Å². The van der Waals surface area contributed by atoms with Crippen molar-refractivity contribution in [2.45, 2.75) is 13.8 Å². The quantitative estimate of drug-likeness (QED) is 0.763. The van der Waals surface area contributed by atoms with E-state index in [2.05, 4.69) is 15.8 Å². The highest BCUT2D eigenvalue weighted by Crippen LogP contribution is 2.23. The Kier molecular flexibility index (Phi) is 4.02. The number of benzene rings is 2. The van der Waals surface area contributed by atoms with E-state index < -0.39 is 0 Å². The molecule has 3 aromatic rings. The summed E-state index contributed by atoms with van der Waals surface area (Å²) in [5.41, 5.74) is 4.92. The molecule has 1 heterocycles. The second kappa shape index (κ2) is 6.12. The Morgan fingerprint density at radius 3 is 2.55 bits per heavy atom. The maximum absolute atomic E-state index is 12.4. The highest BCUT2D eigenvalue weighted by Gasteiger charge is 2.12. The molecular formula is C18H16N2OS. The second-order valence-corrected chi connectivity index (χ2v) is 6.02. The standard InChI is InChI=1S/C18H16N2OS/c1-12-8-9-15(13(2)10-12)19-18(21)17-11-16(20-22-17)14-6-4-3-5-7-14/h3-11H,1-2H3,(H,19,21). The normalized spacial score (nSPS) is 10.5. The van der Waals surface area contributed by atoms with Crippen molar-refractivity contribution in [1.29, 1.82) is 0 Å². The Balaban J connectivity index is 1.80. The molecule has 0 spiro atoms. The number of nitrogens with zero attached hydrogens (tertiary/aromatic N) is 1. The van der Waals surface area contributed by atoms with Crippen molar-refractivity contribution >= 4 is 23.1 Å². The van der Waals surface area contributed by atoms with E-state index in [0.29, 0.717) is 4.88 Å². The summed E-state index contributed by atoms with van der Waals surface area (Å²) in [7, 11) is 0. The van der Waals surface area contributed by atoms with Crippen LogP contribution >= 0.6 is 11.5 Å². The molecule has 2 aromatic carbocycles. The number of anilines is 1. The van der Waals surface area contributed by atoms with Crippen LogP contribution in [0.5, 0.6) is 0 Å². The number of hydrogen-bond acceptors (Lipinski definition) is 3. The van der Waals surface area contributed by atoms with Crippen LogP contribution in [0.4, 0.5) is 5.69 Å². The molecule has 0 unspecified atom stereocenters. The number of rotatable bonds is 3. The molecule has 0 aliphatic heterocycles. The van der Waals surface area contributed by atoms with Crippen LogP contribution in [0, 0.1) is 13.8 Å². The van der Waals surface area contributed by atoms with Crippen LogP contribution in [0.25, 0.3) is 11.3 Å². The van der Waals surface area contributed by atoms with Gasteiger partial charge < -0.3 is 5.32 Å². The molecule has 0 saturated carbocycles. The summed E-state index contributed by atoms with van der Waals surface area (Å²) in [4.78, 5) is 13.0. The summed E-state index contributed by atoms with van der Waals surface area (Å²) < 4.78 is 4.37. The molecule has 1 N–H and O–H groups in total. The first kappa shape index (κ1) is 14.5. The Hall–Kier alpha value is -2.46. The maximum Gasteiger partial charge on any atom is 0.267 e. The third kappa shape index (κ3) is 3.07. The van der Waals surface area contributed by atoms with Crippen LogP contribution in [0.3, 0.4) is 0 Å².